The second-order valence-electron chi connectivity index (χ2n) is 5.23. The van der Waals surface area contributed by atoms with E-state index in [-0.39, 0.29) is 18.9 Å². The molecule has 1 atom stereocenters. The summed E-state index contributed by atoms with van der Waals surface area (Å²) in [6, 6.07) is 3.40. The Kier molecular flexibility index (Phi) is 6.40. The highest BCUT2D eigenvalue weighted by Crippen LogP contribution is 2.34. The Balaban J connectivity index is 3.16. The van der Waals surface area contributed by atoms with Crippen LogP contribution in [-0.2, 0) is 12.8 Å². The highest BCUT2D eigenvalue weighted by atomic mass is 19.3. The highest BCUT2D eigenvalue weighted by Gasteiger charge is 2.29. The molecule has 120 valence electrons. The zero-order valence-electron chi connectivity index (χ0n) is 13.2. The first-order valence-corrected chi connectivity index (χ1v) is 7.24. The van der Waals surface area contributed by atoms with Gasteiger partial charge in [0.2, 0.25) is 0 Å². The predicted octanol–water partition coefficient (Wildman–Crippen LogP) is 3.57. The van der Waals surface area contributed by atoms with Crippen LogP contribution in [0.25, 0.3) is 0 Å². The van der Waals surface area contributed by atoms with Gasteiger partial charge in [-0.1, -0.05) is 13.8 Å². The van der Waals surface area contributed by atoms with Crippen LogP contribution in [0.3, 0.4) is 0 Å². The van der Waals surface area contributed by atoms with Crippen LogP contribution < -0.4 is 15.2 Å². The van der Waals surface area contributed by atoms with Crippen LogP contribution in [0.2, 0.25) is 0 Å². The molecule has 5 heteroatoms. The van der Waals surface area contributed by atoms with E-state index in [2.05, 4.69) is 0 Å². The maximum Gasteiger partial charge on any atom is 0.252 e. The molecule has 0 aromatic heterocycles. The number of methoxy groups -OCH3 is 2. The van der Waals surface area contributed by atoms with E-state index in [1.54, 1.807) is 12.1 Å². The first-order valence-electron chi connectivity index (χ1n) is 7.24. The molecule has 0 spiro atoms. The van der Waals surface area contributed by atoms with E-state index in [4.69, 9.17) is 15.2 Å². The summed E-state index contributed by atoms with van der Waals surface area (Å²) in [4.78, 5) is 0. The first-order chi connectivity index (χ1) is 9.86. The number of rotatable bonds is 8. The SMILES string of the molecule is CCC(N)Cc1cc(OC)c(CC(F)(F)CC)cc1OC. The minimum Gasteiger partial charge on any atom is -0.496 e. The Morgan fingerprint density at radius 3 is 2.10 bits per heavy atom. The summed E-state index contributed by atoms with van der Waals surface area (Å²) < 4.78 is 37.9. The highest BCUT2D eigenvalue weighted by molar-refractivity contribution is 5.47. The van der Waals surface area contributed by atoms with E-state index in [1.807, 2.05) is 6.92 Å². The maximum atomic E-state index is 13.6. The lowest BCUT2D eigenvalue weighted by Crippen LogP contribution is -2.22. The van der Waals surface area contributed by atoms with Gasteiger partial charge in [-0.05, 0) is 30.5 Å². The topological polar surface area (TPSA) is 44.5 Å². The third-order valence-corrected chi connectivity index (χ3v) is 3.66. The summed E-state index contributed by atoms with van der Waals surface area (Å²) in [5, 5.41) is 0. The van der Waals surface area contributed by atoms with Crippen LogP contribution in [0.5, 0.6) is 11.5 Å². The number of nitrogens with two attached hydrogens (primary N) is 1. The lowest BCUT2D eigenvalue weighted by molar-refractivity contribution is -0.00272. The molecule has 0 aliphatic carbocycles. The molecule has 21 heavy (non-hydrogen) atoms. The van der Waals surface area contributed by atoms with Crippen molar-refractivity contribution >= 4 is 0 Å². The van der Waals surface area contributed by atoms with Crippen LogP contribution in [0.4, 0.5) is 8.78 Å². The second kappa shape index (κ2) is 7.59. The molecule has 0 fully saturated rings. The van der Waals surface area contributed by atoms with Gasteiger partial charge >= 0.3 is 0 Å². The number of benzene rings is 1. The van der Waals surface area contributed by atoms with E-state index in [1.165, 1.54) is 21.1 Å². The summed E-state index contributed by atoms with van der Waals surface area (Å²) in [7, 11) is 3.02. The minimum atomic E-state index is -2.75. The van der Waals surface area contributed by atoms with Crippen LogP contribution in [0, 0.1) is 0 Å². The zero-order valence-corrected chi connectivity index (χ0v) is 13.2. The first kappa shape index (κ1) is 17.7. The van der Waals surface area contributed by atoms with Crippen molar-refractivity contribution in [3.05, 3.63) is 23.3 Å². The van der Waals surface area contributed by atoms with Crippen molar-refractivity contribution in [2.24, 2.45) is 5.73 Å². The summed E-state index contributed by atoms with van der Waals surface area (Å²) in [5.41, 5.74) is 7.30. The molecule has 1 aromatic carbocycles. The van der Waals surface area contributed by atoms with Gasteiger partial charge in [0.1, 0.15) is 11.5 Å². The monoisotopic (exact) mass is 301 g/mol. The van der Waals surface area contributed by atoms with Crippen molar-refractivity contribution in [1.82, 2.24) is 0 Å². The van der Waals surface area contributed by atoms with Crippen molar-refractivity contribution < 1.29 is 18.3 Å². The third kappa shape index (κ3) is 4.84. The van der Waals surface area contributed by atoms with Gasteiger partial charge < -0.3 is 15.2 Å². The third-order valence-electron chi connectivity index (χ3n) is 3.66. The number of alkyl halides is 2. The lowest BCUT2D eigenvalue weighted by atomic mass is 9.98. The molecule has 0 aliphatic heterocycles. The Morgan fingerprint density at radius 1 is 1.10 bits per heavy atom. The molecule has 0 bridgehead atoms. The number of hydrogen-bond acceptors (Lipinski definition) is 3. The smallest absolute Gasteiger partial charge is 0.252 e. The van der Waals surface area contributed by atoms with Gasteiger partial charge in [-0.15, -0.1) is 0 Å². The molecule has 1 aromatic rings. The van der Waals surface area contributed by atoms with Crippen molar-refractivity contribution in [1.29, 1.82) is 0 Å². The fraction of sp³-hybridized carbons (Fsp3) is 0.625. The quantitative estimate of drug-likeness (QED) is 0.798. The standard InChI is InChI=1S/C16H25F2NO2/c1-5-13(19)7-11-8-15(21-4)12(9-14(11)20-3)10-16(17,18)6-2/h8-9,13H,5-7,10,19H2,1-4H3. The molecule has 2 N–H and O–H groups in total. The second-order valence-corrected chi connectivity index (χ2v) is 5.23. The van der Waals surface area contributed by atoms with Gasteiger partial charge in [-0.2, -0.15) is 0 Å². The molecule has 0 heterocycles. The molecular formula is C16H25F2NO2. The van der Waals surface area contributed by atoms with E-state index < -0.39 is 5.92 Å². The fourth-order valence-electron chi connectivity index (χ4n) is 2.15. The maximum absolute atomic E-state index is 13.6. The average molecular weight is 301 g/mol. The largest absolute Gasteiger partial charge is 0.496 e. The summed E-state index contributed by atoms with van der Waals surface area (Å²) in [5.74, 6) is -1.71. The van der Waals surface area contributed by atoms with E-state index in [0.29, 0.717) is 23.5 Å². The van der Waals surface area contributed by atoms with Gasteiger partial charge in [-0.3, -0.25) is 0 Å². The average Bonchev–Trinajstić information content (AvgIpc) is 2.47. The number of ether oxygens (including phenoxy) is 2. The Bertz CT molecular complexity index is 464. The van der Waals surface area contributed by atoms with Crippen LogP contribution in [-0.4, -0.2) is 26.2 Å². The van der Waals surface area contributed by atoms with Crippen LogP contribution >= 0.6 is 0 Å². The molecular weight excluding hydrogens is 276 g/mol. The Labute approximate surface area is 125 Å². The van der Waals surface area contributed by atoms with E-state index in [0.717, 1.165) is 12.0 Å². The van der Waals surface area contributed by atoms with Gasteiger partial charge in [0.25, 0.3) is 5.92 Å². The Hall–Kier alpha value is -1.36. The fourth-order valence-corrected chi connectivity index (χ4v) is 2.15. The summed E-state index contributed by atoms with van der Waals surface area (Å²) in [6.45, 7) is 3.48. The molecule has 1 rings (SSSR count). The number of hydrogen-bond donors (Lipinski definition) is 1. The van der Waals surface area contributed by atoms with Crippen molar-refractivity contribution in [2.45, 2.75) is 51.5 Å². The van der Waals surface area contributed by atoms with Gasteiger partial charge in [0, 0.05) is 24.4 Å². The van der Waals surface area contributed by atoms with Gasteiger partial charge in [-0.25, -0.2) is 8.78 Å². The van der Waals surface area contributed by atoms with Crippen LogP contribution in [0.1, 0.15) is 37.8 Å². The van der Waals surface area contributed by atoms with E-state index >= 15 is 0 Å². The molecule has 0 saturated heterocycles. The van der Waals surface area contributed by atoms with Crippen molar-refractivity contribution in [2.75, 3.05) is 14.2 Å². The molecule has 0 saturated carbocycles. The Morgan fingerprint density at radius 2 is 1.62 bits per heavy atom. The van der Waals surface area contributed by atoms with E-state index in [9.17, 15) is 8.78 Å². The summed E-state index contributed by atoms with van der Waals surface area (Å²) in [6.07, 6.45) is 0.895. The van der Waals surface area contributed by atoms with Gasteiger partial charge in [0.05, 0.1) is 14.2 Å². The zero-order chi connectivity index (χ0) is 16.0. The van der Waals surface area contributed by atoms with Crippen molar-refractivity contribution in [3.63, 3.8) is 0 Å². The lowest BCUT2D eigenvalue weighted by Gasteiger charge is -2.20. The molecule has 0 amide bonds. The minimum absolute atomic E-state index is 0.00605. The molecule has 0 radical (unpaired) electrons. The number of halogens is 2. The normalized spacial score (nSPS) is 13.1. The summed E-state index contributed by atoms with van der Waals surface area (Å²) >= 11 is 0. The van der Waals surface area contributed by atoms with Gasteiger partial charge in [0.15, 0.2) is 0 Å². The van der Waals surface area contributed by atoms with Crippen molar-refractivity contribution in [3.8, 4) is 11.5 Å². The molecule has 3 nitrogen and oxygen atoms in total. The molecule has 0 aliphatic rings. The van der Waals surface area contributed by atoms with Crippen LogP contribution in [0.15, 0.2) is 12.1 Å². The predicted molar refractivity (Wildman–Crippen MR) is 80.5 cm³/mol. The molecule has 1 unspecified atom stereocenters.